The lowest BCUT2D eigenvalue weighted by Crippen LogP contribution is -2.34. The molecule has 0 fully saturated rings. The lowest BCUT2D eigenvalue weighted by molar-refractivity contribution is -0.122. The van der Waals surface area contributed by atoms with E-state index in [1.165, 1.54) is 12.1 Å². The number of amides is 1. The largest absolute Gasteiger partial charge is 0.349 e. The van der Waals surface area contributed by atoms with Gasteiger partial charge in [-0.15, -0.1) is 0 Å². The summed E-state index contributed by atoms with van der Waals surface area (Å²) in [4.78, 5) is 11.9. The van der Waals surface area contributed by atoms with Crippen molar-refractivity contribution < 1.29 is 9.18 Å². The van der Waals surface area contributed by atoms with Gasteiger partial charge in [0.1, 0.15) is 5.82 Å². The molecule has 3 nitrogen and oxygen atoms in total. The Balaban J connectivity index is 2.85. The minimum atomic E-state index is -0.273. The van der Waals surface area contributed by atoms with Gasteiger partial charge in [-0.2, -0.15) is 0 Å². The zero-order valence-corrected chi connectivity index (χ0v) is 12.7. The van der Waals surface area contributed by atoms with E-state index in [1.54, 1.807) is 19.1 Å². The van der Waals surface area contributed by atoms with Gasteiger partial charge in [0.2, 0.25) is 5.91 Å². The van der Waals surface area contributed by atoms with Crippen molar-refractivity contribution in [3.63, 3.8) is 0 Å². The molecule has 0 aromatic heterocycles. The Morgan fingerprint density at radius 2 is 1.85 bits per heavy atom. The third-order valence-corrected chi connectivity index (χ3v) is 2.93. The molecule has 0 bridgehead atoms. The molecule has 0 heterocycles. The Morgan fingerprint density at radius 3 is 2.30 bits per heavy atom. The highest BCUT2D eigenvalue weighted by molar-refractivity contribution is 5.77. The first kappa shape index (κ1) is 16.6. The van der Waals surface area contributed by atoms with Crippen LogP contribution in [0, 0.1) is 11.2 Å². The number of nitrogens with one attached hydrogen (secondary N) is 1. The van der Waals surface area contributed by atoms with Crippen LogP contribution in [0.2, 0.25) is 0 Å². The van der Waals surface area contributed by atoms with Gasteiger partial charge in [0.15, 0.2) is 0 Å². The SMILES string of the molecule is CC(N)CC(=O)NC(CC(C)(C)C)c1ccc(F)cc1. The standard InChI is InChI=1S/C16H25FN2O/c1-11(18)9-15(20)19-14(10-16(2,3)4)12-5-7-13(17)8-6-12/h5-8,11,14H,9-10,18H2,1-4H3,(H,19,20). The van der Waals surface area contributed by atoms with Gasteiger partial charge in [-0.1, -0.05) is 32.9 Å². The first-order valence-corrected chi connectivity index (χ1v) is 6.98. The number of rotatable bonds is 5. The van der Waals surface area contributed by atoms with E-state index in [9.17, 15) is 9.18 Å². The molecule has 0 saturated heterocycles. The van der Waals surface area contributed by atoms with Crippen LogP contribution >= 0.6 is 0 Å². The second-order valence-corrected chi connectivity index (χ2v) is 6.62. The van der Waals surface area contributed by atoms with Crippen LogP contribution in [0.5, 0.6) is 0 Å². The summed E-state index contributed by atoms with van der Waals surface area (Å²) in [5, 5.41) is 3.00. The number of nitrogens with two attached hydrogens (primary N) is 1. The Hall–Kier alpha value is -1.42. The van der Waals surface area contributed by atoms with E-state index in [4.69, 9.17) is 5.73 Å². The molecule has 2 atom stereocenters. The maximum atomic E-state index is 13.0. The Labute approximate surface area is 120 Å². The molecule has 0 aliphatic heterocycles. The van der Waals surface area contributed by atoms with Crippen molar-refractivity contribution in [2.24, 2.45) is 11.1 Å². The molecule has 1 amide bonds. The highest BCUT2D eigenvalue weighted by atomic mass is 19.1. The predicted octanol–water partition coefficient (Wildman–Crippen LogP) is 3.16. The maximum Gasteiger partial charge on any atom is 0.222 e. The van der Waals surface area contributed by atoms with E-state index < -0.39 is 0 Å². The molecule has 4 heteroatoms. The average molecular weight is 280 g/mol. The summed E-state index contributed by atoms with van der Waals surface area (Å²) in [7, 11) is 0. The molecule has 0 saturated carbocycles. The van der Waals surface area contributed by atoms with Gasteiger partial charge in [-0.05, 0) is 36.5 Å². The molecular formula is C16H25FN2O. The van der Waals surface area contributed by atoms with E-state index in [2.05, 4.69) is 26.1 Å². The molecule has 0 aliphatic rings. The van der Waals surface area contributed by atoms with Crippen LogP contribution in [-0.2, 0) is 4.79 Å². The van der Waals surface area contributed by atoms with Crippen molar-refractivity contribution in [2.45, 2.75) is 52.6 Å². The number of benzene rings is 1. The lowest BCUT2D eigenvalue weighted by atomic mass is 9.85. The average Bonchev–Trinajstić information content (AvgIpc) is 2.25. The molecule has 112 valence electrons. The zero-order valence-electron chi connectivity index (χ0n) is 12.7. The minimum absolute atomic E-state index is 0.0562. The number of hydrogen-bond donors (Lipinski definition) is 2. The first-order chi connectivity index (χ1) is 9.17. The fourth-order valence-electron chi connectivity index (χ4n) is 2.11. The predicted molar refractivity (Wildman–Crippen MR) is 79.6 cm³/mol. The van der Waals surface area contributed by atoms with Crippen LogP contribution in [-0.4, -0.2) is 11.9 Å². The van der Waals surface area contributed by atoms with Crippen molar-refractivity contribution in [2.75, 3.05) is 0 Å². The second-order valence-electron chi connectivity index (χ2n) is 6.62. The highest BCUT2D eigenvalue weighted by Gasteiger charge is 2.22. The summed E-state index contributed by atoms with van der Waals surface area (Å²) in [6.07, 6.45) is 1.07. The second kappa shape index (κ2) is 6.84. The molecule has 3 N–H and O–H groups in total. The Kier molecular flexibility index (Phi) is 5.69. The molecular weight excluding hydrogens is 255 g/mol. The van der Waals surface area contributed by atoms with Crippen LogP contribution in [0.4, 0.5) is 4.39 Å². The number of hydrogen-bond acceptors (Lipinski definition) is 2. The van der Waals surface area contributed by atoms with E-state index in [0.29, 0.717) is 6.42 Å². The summed E-state index contributed by atoms with van der Waals surface area (Å²) in [6.45, 7) is 8.14. The molecule has 0 radical (unpaired) electrons. The molecule has 2 unspecified atom stereocenters. The van der Waals surface area contributed by atoms with E-state index in [-0.39, 0.29) is 29.2 Å². The van der Waals surface area contributed by atoms with Gasteiger partial charge < -0.3 is 11.1 Å². The van der Waals surface area contributed by atoms with Gasteiger partial charge in [0, 0.05) is 12.5 Å². The van der Waals surface area contributed by atoms with Gasteiger partial charge in [0.25, 0.3) is 0 Å². The van der Waals surface area contributed by atoms with Crippen molar-refractivity contribution in [3.8, 4) is 0 Å². The van der Waals surface area contributed by atoms with Crippen molar-refractivity contribution in [1.29, 1.82) is 0 Å². The van der Waals surface area contributed by atoms with Gasteiger partial charge in [0.05, 0.1) is 6.04 Å². The van der Waals surface area contributed by atoms with Gasteiger partial charge in [-0.25, -0.2) is 4.39 Å². The van der Waals surface area contributed by atoms with E-state index >= 15 is 0 Å². The normalized spacial score (nSPS) is 14.7. The summed E-state index contributed by atoms with van der Waals surface area (Å²) in [5.74, 6) is -0.344. The molecule has 20 heavy (non-hydrogen) atoms. The van der Waals surface area contributed by atoms with Crippen LogP contribution in [0.15, 0.2) is 24.3 Å². The van der Waals surface area contributed by atoms with Crippen LogP contribution < -0.4 is 11.1 Å². The lowest BCUT2D eigenvalue weighted by Gasteiger charge is -2.27. The zero-order chi connectivity index (χ0) is 15.3. The smallest absolute Gasteiger partial charge is 0.222 e. The van der Waals surface area contributed by atoms with Crippen molar-refractivity contribution in [1.82, 2.24) is 5.32 Å². The monoisotopic (exact) mass is 280 g/mol. The summed E-state index contributed by atoms with van der Waals surface area (Å²) in [6, 6.07) is 5.99. The number of carbonyl (C=O) groups excluding carboxylic acids is 1. The summed E-state index contributed by atoms with van der Waals surface area (Å²) in [5.41, 5.74) is 6.62. The van der Waals surface area contributed by atoms with Crippen molar-refractivity contribution >= 4 is 5.91 Å². The quantitative estimate of drug-likeness (QED) is 0.870. The van der Waals surface area contributed by atoms with Crippen LogP contribution in [0.3, 0.4) is 0 Å². The highest BCUT2D eigenvalue weighted by Crippen LogP contribution is 2.29. The molecule has 1 rings (SSSR count). The topological polar surface area (TPSA) is 55.1 Å². The Morgan fingerprint density at radius 1 is 1.30 bits per heavy atom. The molecule has 0 spiro atoms. The van der Waals surface area contributed by atoms with Crippen LogP contribution in [0.25, 0.3) is 0 Å². The third kappa shape index (κ3) is 6.15. The van der Waals surface area contributed by atoms with Crippen LogP contribution in [0.1, 0.15) is 52.1 Å². The van der Waals surface area contributed by atoms with E-state index in [0.717, 1.165) is 12.0 Å². The molecule has 1 aromatic carbocycles. The van der Waals surface area contributed by atoms with Gasteiger partial charge in [-0.3, -0.25) is 4.79 Å². The fourth-order valence-corrected chi connectivity index (χ4v) is 2.11. The number of halogens is 1. The Bertz CT molecular complexity index is 435. The third-order valence-electron chi connectivity index (χ3n) is 2.93. The minimum Gasteiger partial charge on any atom is -0.349 e. The van der Waals surface area contributed by atoms with E-state index in [1.807, 2.05) is 0 Å². The maximum absolute atomic E-state index is 13.0. The first-order valence-electron chi connectivity index (χ1n) is 6.98. The molecule has 1 aromatic rings. The van der Waals surface area contributed by atoms with Crippen molar-refractivity contribution in [3.05, 3.63) is 35.6 Å². The van der Waals surface area contributed by atoms with Gasteiger partial charge >= 0.3 is 0 Å². The summed E-state index contributed by atoms with van der Waals surface area (Å²) < 4.78 is 13.0. The fraction of sp³-hybridized carbons (Fsp3) is 0.562. The summed E-state index contributed by atoms with van der Waals surface area (Å²) >= 11 is 0. The number of carbonyl (C=O) groups is 1. The molecule has 0 aliphatic carbocycles.